The largest absolute Gasteiger partial charge is 0.481 e. The molecule has 196 valence electrons. The molecule has 3 N–H and O–H groups in total. The summed E-state index contributed by atoms with van der Waals surface area (Å²) >= 11 is 0. The first-order valence-corrected chi connectivity index (χ1v) is 13.5. The van der Waals surface area contributed by atoms with E-state index >= 15 is 0 Å². The minimum absolute atomic E-state index is 0.299. The van der Waals surface area contributed by atoms with Gasteiger partial charge in [0, 0.05) is 25.1 Å². The Labute approximate surface area is 208 Å². The lowest BCUT2D eigenvalue weighted by molar-refractivity contribution is -0.138. The van der Waals surface area contributed by atoms with Crippen LogP contribution in [0.15, 0.2) is 36.1 Å². The van der Waals surface area contributed by atoms with Crippen LogP contribution < -0.4 is 5.32 Å². The lowest BCUT2D eigenvalue weighted by Gasteiger charge is -2.11. The number of unbranched alkanes of at least 4 members (excludes halogenated alkanes) is 10. The number of aliphatic carboxylic acids is 2. The quantitative estimate of drug-likeness (QED) is 0.103. The molecule has 0 aromatic carbocycles. The maximum Gasteiger partial charge on any atom is 0.303 e. The van der Waals surface area contributed by atoms with Crippen molar-refractivity contribution in [2.45, 2.75) is 117 Å². The minimum Gasteiger partial charge on any atom is -0.481 e. The average molecular weight is 478 g/mol. The Bertz CT molecular complexity index is 609. The number of carboxylic acid groups (broad SMARTS) is 2. The van der Waals surface area contributed by atoms with Crippen molar-refractivity contribution in [3.63, 3.8) is 0 Å². The van der Waals surface area contributed by atoms with Crippen LogP contribution in [0.4, 0.5) is 0 Å². The van der Waals surface area contributed by atoms with E-state index in [0.717, 1.165) is 64.3 Å². The van der Waals surface area contributed by atoms with Crippen LogP contribution >= 0.6 is 0 Å². The molecule has 0 bridgehead atoms. The standard InChI is InChI=1S/C29H51NO4/c1-25(18-14-10-6-4-8-12-16-20-28(31)32)22-23-27(3)30-24-26(2)19-15-11-7-5-9-13-17-21-29(33)34/h14-15,18-19,23,25-26,30H,4-13,16-17,20-22,24H2,1-3H3,(H,31,32)(H,33,34)/b18-14+,19-15+,27-23-. The van der Waals surface area contributed by atoms with Gasteiger partial charge in [-0.1, -0.05) is 82.8 Å². The highest BCUT2D eigenvalue weighted by Crippen LogP contribution is 2.11. The Morgan fingerprint density at radius 2 is 1.15 bits per heavy atom. The number of hydrogen-bond donors (Lipinski definition) is 3. The summed E-state index contributed by atoms with van der Waals surface area (Å²) in [7, 11) is 0. The Balaban J connectivity index is 3.74. The fraction of sp³-hybridized carbons (Fsp3) is 0.724. The van der Waals surface area contributed by atoms with Crippen LogP contribution in [0.1, 0.15) is 117 Å². The summed E-state index contributed by atoms with van der Waals surface area (Å²) < 4.78 is 0. The van der Waals surface area contributed by atoms with Crippen LogP contribution in [0.5, 0.6) is 0 Å². The van der Waals surface area contributed by atoms with Crippen LogP contribution in [-0.2, 0) is 9.59 Å². The van der Waals surface area contributed by atoms with Crippen LogP contribution in [0.25, 0.3) is 0 Å². The summed E-state index contributed by atoms with van der Waals surface area (Å²) in [4.78, 5) is 20.9. The van der Waals surface area contributed by atoms with E-state index in [1.807, 2.05) is 0 Å². The van der Waals surface area contributed by atoms with Crippen LogP contribution in [-0.4, -0.2) is 28.7 Å². The van der Waals surface area contributed by atoms with Crippen molar-refractivity contribution in [2.75, 3.05) is 6.54 Å². The van der Waals surface area contributed by atoms with Crippen LogP contribution in [0.2, 0.25) is 0 Å². The zero-order chi connectivity index (χ0) is 25.4. The summed E-state index contributed by atoms with van der Waals surface area (Å²) in [5.41, 5.74) is 1.24. The lowest BCUT2D eigenvalue weighted by Crippen LogP contribution is -2.18. The molecule has 2 unspecified atom stereocenters. The third-order valence-electron chi connectivity index (χ3n) is 5.95. The maximum absolute atomic E-state index is 10.5. The third-order valence-corrected chi connectivity index (χ3v) is 5.95. The van der Waals surface area contributed by atoms with Gasteiger partial charge in [0.2, 0.25) is 0 Å². The van der Waals surface area contributed by atoms with Gasteiger partial charge < -0.3 is 15.5 Å². The molecule has 5 nitrogen and oxygen atoms in total. The predicted molar refractivity (Wildman–Crippen MR) is 143 cm³/mol. The first-order valence-electron chi connectivity index (χ1n) is 13.5. The minimum atomic E-state index is -0.687. The van der Waals surface area contributed by atoms with E-state index in [4.69, 9.17) is 10.2 Å². The molecule has 34 heavy (non-hydrogen) atoms. The molecule has 0 heterocycles. The highest BCUT2D eigenvalue weighted by atomic mass is 16.4. The number of carboxylic acids is 2. The monoisotopic (exact) mass is 477 g/mol. The number of carbonyl (C=O) groups is 2. The van der Waals surface area contributed by atoms with E-state index in [2.05, 4.69) is 56.5 Å². The van der Waals surface area contributed by atoms with Crippen LogP contribution in [0.3, 0.4) is 0 Å². The summed E-state index contributed by atoms with van der Waals surface area (Å²) in [6, 6.07) is 0. The molecular formula is C29H51NO4. The number of rotatable bonds is 23. The number of nitrogens with one attached hydrogen (secondary N) is 1. The van der Waals surface area contributed by atoms with Crippen molar-refractivity contribution in [1.29, 1.82) is 0 Å². The molecule has 0 radical (unpaired) electrons. The molecule has 0 saturated carbocycles. The van der Waals surface area contributed by atoms with Gasteiger partial charge in [-0.2, -0.15) is 0 Å². The highest BCUT2D eigenvalue weighted by molar-refractivity contribution is 5.66. The van der Waals surface area contributed by atoms with E-state index in [1.54, 1.807) is 0 Å². The Morgan fingerprint density at radius 3 is 1.65 bits per heavy atom. The third kappa shape index (κ3) is 24.6. The molecule has 0 fully saturated rings. The van der Waals surface area contributed by atoms with Crippen molar-refractivity contribution >= 4 is 11.9 Å². The molecule has 2 atom stereocenters. The molecule has 0 aliphatic carbocycles. The normalized spacial score (nSPS) is 14.0. The smallest absolute Gasteiger partial charge is 0.303 e. The summed E-state index contributed by atoms with van der Waals surface area (Å²) in [6.45, 7) is 7.58. The molecule has 5 heteroatoms. The zero-order valence-electron chi connectivity index (χ0n) is 22.1. The Morgan fingerprint density at radius 1 is 0.706 bits per heavy atom. The highest BCUT2D eigenvalue weighted by Gasteiger charge is 2.00. The van der Waals surface area contributed by atoms with Gasteiger partial charge in [0.05, 0.1) is 0 Å². The Hall–Kier alpha value is -2.04. The number of allylic oxidation sites excluding steroid dienone is 5. The molecule has 0 saturated heterocycles. The molecule has 0 aromatic rings. The van der Waals surface area contributed by atoms with Crippen molar-refractivity contribution in [3.8, 4) is 0 Å². The van der Waals surface area contributed by atoms with E-state index < -0.39 is 11.9 Å². The van der Waals surface area contributed by atoms with Gasteiger partial charge in [0.1, 0.15) is 0 Å². The maximum atomic E-state index is 10.5. The second-order valence-electron chi connectivity index (χ2n) is 9.71. The lowest BCUT2D eigenvalue weighted by atomic mass is 10.0. The van der Waals surface area contributed by atoms with Gasteiger partial charge in [0.15, 0.2) is 0 Å². The van der Waals surface area contributed by atoms with Gasteiger partial charge in [-0.05, 0) is 63.7 Å². The van der Waals surface area contributed by atoms with E-state index in [9.17, 15) is 9.59 Å². The topological polar surface area (TPSA) is 86.6 Å². The first kappa shape index (κ1) is 32.0. The first-order chi connectivity index (χ1) is 16.3. The second-order valence-corrected chi connectivity index (χ2v) is 9.71. The zero-order valence-corrected chi connectivity index (χ0v) is 22.1. The van der Waals surface area contributed by atoms with Crippen molar-refractivity contribution < 1.29 is 19.8 Å². The molecule has 0 aromatic heterocycles. The van der Waals surface area contributed by atoms with Gasteiger partial charge in [-0.15, -0.1) is 0 Å². The fourth-order valence-corrected chi connectivity index (χ4v) is 3.70. The summed E-state index contributed by atoms with van der Waals surface area (Å²) in [6.07, 6.45) is 26.0. The van der Waals surface area contributed by atoms with Gasteiger partial charge in [-0.25, -0.2) is 0 Å². The molecule has 0 rings (SSSR count). The molecular weight excluding hydrogens is 426 g/mol. The fourth-order valence-electron chi connectivity index (χ4n) is 3.70. The van der Waals surface area contributed by atoms with E-state index in [-0.39, 0.29) is 0 Å². The van der Waals surface area contributed by atoms with E-state index in [1.165, 1.54) is 31.4 Å². The van der Waals surface area contributed by atoms with Crippen molar-refractivity contribution in [1.82, 2.24) is 5.32 Å². The Kier molecular flexibility index (Phi) is 21.4. The average Bonchev–Trinajstić information content (AvgIpc) is 2.78. The SMILES string of the molecule is C/C(=C/CC(C)/C=C/CCCCCCCC(=O)O)NCC(C)/C=C/CCCCCCCC(=O)O. The van der Waals surface area contributed by atoms with E-state index in [0.29, 0.717) is 24.7 Å². The second kappa shape index (κ2) is 22.7. The van der Waals surface area contributed by atoms with Gasteiger partial charge in [0.25, 0.3) is 0 Å². The molecule has 0 spiro atoms. The summed E-state index contributed by atoms with van der Waals surface area (Å²) in [5, 5.41) is 20.8. The molecule has 0 aliphatic heterocycles. The van der Waals surface area contributed by atoms with Crippen molar-refractivity contribution in [2.24, 2.45) is 11.8 Å². The molecule has 0 amide bonds. The van der Waals surface area contributed by atoms with Crippen LogP contribution in [0, 0.1) is 11.8 Å². The number of hydrogen-bond acceptors (Lipinski definition) is 3. The predicted octanol–water partition coefficient (Wildman–Crippen LogP) is 7.89. The van der Waals surface area contributed by atoms with Gasteiger partial charge in [-0.3, -0.25) is 9.59 Å². The molecule has 0 aliphatic rings. The summed E-state index contributed by atoms with van der Waals surface area (Å²) in [5.74, 6) is -0.337. The van der Waals surface area contributed by atoms with Crippen molar-refractivity contribution in [3.05, 3.63) is 36.1 Å². The van der Waals surface area contributed by atoms with Gasteiger partial charge >= 0.3 is 11.9 Å².